The number of ether oxygens (including phenoxy) is 1. The molecule has 0 aromatic carbocycles. The Morgan fingerprint density at radius 3 is 1.96 bits per heavy atom. The number of carbonyl (C=O) groups excluding carboxylic acids is 5. The van der Waals surface area contributed by atoms with Crippen LogP contribution in [0.2, 0.25) is 0 Å². The number of nitrogens with one attached hydrogen (secondary N) is 2. The summed E-state index contributed by atoms with van der Waals surface area (Å²) < 4.78 is 4.43. The van der Waals surface area contributed by atoms with Crippen LogP contribution in [0.15, 0.2) is 0 Å². The molecular formula is C14H23N3O7S2. The summed E-state index contributed by atoms with van der Waals surface area (Å²) in [6.07, 6.45) is 0. The Morgan fingerprint density at radius 2 is 1.62 bits per heavy atom. The molecule has 0 rings (SSSR count). The Balaban J connectivity index is 5.55. The van der Waals surface area contributed by atoms with E-state index in [1.54, 1.807) is 0 Å². The lowest BCUT2D eigenvalue weighted by Gasteiger charge is -2.31. The lowest BCUT2D eigenvalue weighted by molar-refractivity contribution is -0.153. The van der Waals surface area contributed by atoms with E-state index >= 15 is 0 Å². The molecule has 3 atom stereocenters. The van der Waals surface area contributed by atoms with Gasteiger partial charge in [0.05, 0.1) is 13.7 Å². The van der Waals surface area contributed by atoms with Crippen molar-refractivity contribution < 1.29 is 33.8 Å². The Morgan fingerprint density at radius 1 is 1.04 bits per heavy atom. The van der Waals surface area contributed by atoms with E-state index in [1.807, 2.05) is 0 Å². The fourth-order valence-corrected chi connectivity index (χ4v) is 2.57. The van der Waals surface area contributed by atoms with Gasteiger partial charge in [0, 0.05) is 25.4 Å². The maximum Gasteiger partial charge on any atom is 0.330 e. The van der Waals surface area contributed by atoms with Crippen molar-refractivity contribution in [2.75, 3.05) is 25.2 Å². The molecule has 0 saturated heterocycles. The summed E-state index contributed by atoms with van der Waals surface area (Å²) >= 11 is 7.95. The third kappa shape index (κ3) is 6.84. The van der Waals surface area contributed by atoms with Gasteiger partial charge in [0.25, 0.3) is 5.91 Å². The van der Waals surface area contributed by atoms with Crippen molar-refractivity contribution in [3.05, 3.63) is 0 Å². The number of hydrogen-bond acceptors (Lipinski definition) is 9. The number of aliphatic hydroxyl groups is 1. The van der Waals surface area contributed by atoms with E-state index in [-0.39, 0.29) is 11.5 Å². The molecule has 0 spiro atoms. The molecule has 0 saturated carbocycles. The number of rotatable bonds is 9. The SMILES string of the molecule is COC(=O)[C@H](CO)NC(=O)[C@H](CS)N(C(C)=O)C(=O)[C@H](CS)NC(C)=O. The van der Waals surface area contributed by atoms with Crippen molar-refractivity contribution in [2.24, 2.45) is 0 Å². The van der Waals surface area contributed by atoms with Crippen LogP contribution in [0.25, 0.3) is 0 Å². The number of aliphatic hydroxyl groups excluding tert-OH is 1. The van der Waals surface area contributed by atoms with Gasteiger partial charge in [0.2, 0.25) is 17.7 Å². The maximum atomic E-state index is 12.6. The fourth-order valence-electron chi connectivity index (χ4n) is 2.00. The second-order valence-corrected chi connectivity index (χ2v) is 5.86. The molecule has 26 heavy (non-hydrogen) atoms. The van der Waals surface area contributed by atoms with Crippen LogP contribution in [0.3, 0.4) is 0 Å². The largest absolute Gasteiger partial charge is 0.467 e. The third-order valence-electron chi connectivity index (χ3n) is 3.21. The first-order valence-electron chi connectivity index (χ1n) is 7.46. The highest BCUT2D eigenvalue weighted by Gasteiger charge is 2.37. The molecule has 0 aliphatic carbocycles. The van der Waals surface area contributed by atoms with Crippen molar-refractivity contribution in [3.63, 3.8) is 0 Å². The fraction of sp³-hybridized carbons (Fsp3) is 0.643. The molecule has 0 bridgehead atoms. The Kier molecular flexibility index (Phi) is 10.9. The van der Waals surface area contributed by atoms with E-state index in [2.05, 4.69) is 40.6 Å². The average Bonchev–Trinajstić information content (AvgIpc) is 2.59. The van der Waals surface area contributed by atoms with Gasteiger partial charge < -0.3 is 20.5 Å². The minimum absolute atomic E-state index is 0.107. The molecule has 4 amide bonds. The van der Waals surface area contributed by atoms with Crippen LogP contribution in [0.5, 0.6) is 0 Å². The highest BCUT2D eigenvalue weighted by Crippen LogP contribution is 2.09. The normalized spacial score (nSPS) is 13.8. The number of amides is 4. The zero-order valence-electron chi connectivity index (χ0n) is 14.6. The molecule has 12 heteroatoms. The van der Waals surface area contributed by atoms with E-state index in [4.69, 9.17) is 0 Å². The molecule has 10 nitrogen and oxygen atoms in total. The summed E-state index contributed by atoms with van der Waals surface area (Å²) in [5.41, 5.74) is 0. The van der Waals surface area contributed by atoms with Gasteiger partial charge in [-0.3, -0.25) is 24.1 Å². The number of nitrogens with zero attached hydrogens (tertiary/aromatic N) is 1. The van der Waals surface area contributed by atoms with Gasteiger partial charge in [-0.1, -0.05) is 0 Å². The zero-order chi connectivity index (χ0) is 20.4. The van der Waals surface area contributed by atoms with Gasteiger partial charge in [0.15, 0.2) is 6.04 Å². The van der Waals surface area contributed by atoms with Gasteiger partial charge in [-0.25, -0.2) is 4.79 Å². The molecule has 0 aromatic rings. The lowest BCUT2D eigenvalue weighted by atomic mass is 10.1. The van der Waals surface area contributed by atoms with Crippen LogP contribution >= 0.6 is 25.3 Å². The Labute approximate surface area is 161 Å². The topological polar surface area (TPSA) is 142 Å². The van der Waals surface area contributed by atoms with Crippen molar-refractivity contribution in [1.82, 2.24) is 15.5 Å². The monoisotopic (exact) mass is 409 g/mol. The predicted octanol–water partition coefficient (Wildman–Crippen LogP) is -2.26. The first kappa shape index (κ1) is 24.2. The van der Waals surface area contributed by atoms with Crippen LogP contribution in [0, 0.1) is 0 Å². The molecule has 0 heterocycles. The van der Waals surface area contributed by atoms with Crippen molar-refractivity contribution in [3.8, 4) is 0 Å². The summed E-state index contributed by atoms with van der Waals surface area (Å²) in [5, 5.41) is 13.7. The molecule has 0 fully saturated rings. The molecule has 0 radical (unpaired) electrons. The van der Waals surface area contributed by atoms with Gasteiger partial charge in [-0.2, -0.15) is 25.3 Å². The van der Waals surface area contributed by atoms with Gasteiger partial charge in [-0.15, -0.1) is 0 Å². The zero-order valence-corrected chi connectivity index (χ0v) is 16.4. The number of hydrogen-bond donors (Lipinski definition) is 5. The van der Waals surface area contributed by atoms with E-state index in [0.29, 0.717) is 4.90 Å². The lowest BCUT2D eigenvalue weighted by Crippen LogP contribution is -2.60. The van der Waals surface area contributed by atoms with Crippen LogP contribution in [0.4, 0.5) is 0 Å². The summed E-state index contributed by atoms with van der Waals surface area (Å²) in [4.78, 5) is 60.3. The highest BCUT2D eigenvalue weighted by atomic mass is 32.1. The standard InChI is InChI=1S/C14H23N3O7S2/c1-7(19)15-10(5-25)13(22)17(8(2)20)11(6-26)12(21)16-9(4-18)14(23)24-3/h9-11,18,25-26H,4-6H2,1-3H3,(H,15,19)(H,16,21)/t9-,10-,11-/m0/s1. The smallest absolute Gasteiger partial charge is 0.330 e. The molecule has 148 valence electrons. The van der Waals surface area contributed by atoms with Crippen LogP contribution in [-0.2, 0) is 28.7 Å². The third-order valence-corrected chi connectivity index (χ3v) is 3.92. The van der Waals surface area contributed by atoms with Crippen LogP contribution in [0.1, 0.15) is 13.8 Å². The quantitative estimate of drug-likeness (QED) is 0.214. The minimum Gasteiger partial charge on any atom is -0.467 e. The number of esters is 1. The van der Waals surface area contributed by atoms with E-state index in [9.17, 15) is 29.1 Å². The number of thiol groups is 2. The summed E-state index contributed by atoms with van der Waals surface area (Å²) in [6.45, 7) is 1.51. The van der Waals surface area contributed by atoms with Crippen molar-refractivity contribution in [1.29, 1.82) is 0 Å². The average molecular weight is 409 g/mol. The minimum atomic E-state index is -1.38. The van der Waals surface area contributed by atoms with Gasteiger partial charge in [-0.05, 0) is 0 Å². The first-order valence-corrected chi connectivity index (χ1v) is 8.72. The van der Waals surface area contributed by atoms with Gasteiger partial charge in [0.1, 0.15) is 12.1 Å². The Hall–Kier alpha value is -1.79. The van der Waals surface area contributed by atoms with Crippen LogP contribution < -0.4 is 10.6 Å². The molecule has 0 aliphatic rings. The summed E-state index contributed by atoms with van der Waals surface area (Å²) in [5.74, 6) is -4.28. The molecule has 0 unspecified atom stereocenters. The second kappa shape index (κ2) is 11.8. The summed E-state index contributed by atoms with van der Waals surface area (Å²) in [6, 6.07) is -3.88. The number of methoxy groups -OCH3 is 1. The van der Waals surface area contributed by atoms with E-state index < -0.39 is 54.3 Å². The molecule has 0 aromatic heterocycles. The highest BCUT2D eigenvalue weighted by molar-refractivity contribution is 7.80. The number of carbonyl (C=O) groups is 5. The van der Waals surface area contributed by atoms with E-state index in [0.717, 1.165) is 14.0 Å². The first-order chi connectivity index (χ1) is 12.1. The van der Waals surface area contributed by atoms with Gasteiger partial charge >= 0.3 is 5.97 Å². The maximum absolute atomic E-state index is 12.6. The van der Waals surface area contributed by atoms with Crippen LogP contribution in [-0.4, -0.2) is 83.0 Å². The van der Waals surface area contributed by atoms with E-state index in [1.165, 1.54) is 6.92 Å². The van der Waals surface area contributed by atoms with Crippen molar-refractivity contribution >= 4 is 54.9 Å². The molecular weight excluding hydrogens is 386 g/mol. The second-order valence-electron chi connectivity index (χ2n) is 5.13. The number of imide groups is 1. The Bertz CT molecular complexity index is 559. The molecule has 3 N–H and O–H groups in total. The predicted molar refractivity (Wildman–Crippen MR) is 97.7 cm³/mol. The molecule has 0 aliphatic heterocycles. The summed E-state index contributed by atoms with van der Waals surface area (Å²) in [7, 11) is 1.07. The van der Waals surface area contributed by atoms with Crippen molar-refractivity contribution in [2.45, 2.75) is 32.0 Å².